The van der Waals surface area contributed by atoms with Crippen LogP contribution in [-0.4, -0.2) is 18.6 Å². The lowest BCUT2D eigenvalue weighted by molar-refractivity contribution is 0.283. The molecule has 0 fully saturated rings. The first-order valence-electron chi connectivity index (χ1n) is 8.89. The van der Waals surface area contributed by atoms with E-state index in [4.69, 9.17) is 9.47 Å². The molecule has 1 heterocycles. The van der Waals surface area contributed by atoms with E-state index in [2.05, 4.69) is 34.6 Å². The number of allylic oxidation sites excluding steroid dienone is 2. The molecule has 132 valence electrons. The van der Waals surface area contributed by atoms with E-state index in [-0.39, 0.29) is 0 Å². The van der Waals surface area contributed by atoms with E-state index in [0.29, 0.717) is 6.61 Å². The van der Waals surface area contributed by atoms with Crippen LogP contribution in [0.5, 0.6) is 11.5 Å². The van der Waals surface area contributed by atoms with E-state index >= 15 is 0 Å². The third-order valence-electron chi connectivity index (χ3n) is 4.48. The molecule has 3 rings (SSSR count). The molecule has 25 heavy (non-hydrogen) atoms. The van der Waals surface area contributed by atoms with Gasteiger partial charge in [0.2, 0.25) is 0 Å². The summed E-state index contributed by atoms with van der Waals surface area (Å²) in [6.07, 6.45) is 11.8. The van der Waals surface area contributed by atoms with Crippen LogP contribution >= 0.6 is 0 Å². The molecule has 0 amide bonds. The fourth-order valence-corrected chi connectivity index (χ4v) is 3.05. The Kier molecular flexibility index (Phi) is 6.46. The molecule has 0 saturated heterocycles. The number of hydrogen-bond acceptors (Lipinski definition) is 4. The number of benzene rings is 1. The minimum atomic E-state index is 0.482. The molecule has 1 aliphatic carbocycles. The molecular formula is C21H26N2O2. The number of methoxy groups -OCH3 is 1. The summed E-state index contributed by atoms with van der Waals surface area (Å²) < 4.78 is 11.4. The van der Waals surface area contributed by atoms with Crippen molar-refractivity contribution in [1.29, 1.82) is 0 Å². The van der Waals surface area contributed by atoms with Gasteiger partial charge in [0.15, 0.2) is 11.5 Å². The van der Waals surface area contributed by atoms with Crippen LogP contribution in [0.3, 0.4) is 0 Å². The van der Waals surface area contributed by atoms with Crippen LogP contribution in [0.2, 0.25) is 0 Å². The maximum atomic E-state index is 5.95. The minimum Gasteiger partial charge on any atom is -0.493 e. The highest BCUT2D eigenvalue weighted by atomic mass is 16.5. The number of pyridine rings is 1. The van der Waals surface area contributed by atoms with Crippen molar-refractivity contribution in [2.24, 2.45) is 5.92 Å². The summed E-state index contributed by atoms with van der Waals surface area (Å²) in [5.74, 6) is 2.28. The van der Waals surface area contributed by atoms with E-state index < -0.39 is 0 Å². The quantitative estimate of drug-likeness (QED) is 0.736. The third kappa shape index (κ3) is 5.33. The second kappa shape index (κ2) is 9.23. The highest BCUT2D eigenvalue weighted by Gasteiger charge is 2.10. The maximum absolute atomic E-state index is 5.95. The number of nitrogens with zero attached hydrogens (tertiary/aromatic N) is 1. The Balaban J connectivity index is 1.56. The van der Waals surface area contributed by atoms with Gasteiger partial charge in [0.25, 0.3) is 0 Å². The van der Waals surface area contributed by atoms with Crippen molar-refractivity contribution in [1.82, 2.24) is 10.3 Å². The molecule has 1 aromatic carbocycles. The average molecular weight is 338 g/mol. The molecule has 4 nitrogen and oxygen atoms in total. The van der Waals surface area contributed by atoms with Crippen molar-refractivity contribution in [3.63, 3.8) is 0 Å². The fraction of sp³-hybridized carbons (Fsp3) is 0.381. The zero-order valence-electron chi connectivity index (χ0n) is 14.8. The normalized spacial score (nSPS) is 16.6. The van der Waals surface area contributed by atoms with Crippen molar-refractivity contribution in [3.05, 3.63) is 66.0 Å². The highest BCUT2D eigenvalue weighted by Crippen LogP contribution is 2.29. The summed E-state index contributed by atoms with van der Waals surface area (Å²) in [6, 6.07) is 10.0. The Morgan fingerprint density at radius 2 is 2.12 bits per heavy atom. The summed E-state index contributed by atoms with van der Waals surface area (Å²) >= 11 is 0. The van der Waals surface area contributed by atoms with Crippen molar-refractivity contribution >= 4 is 0 Å². The smallest absolute Gasteiger partial charge is 0.161 e. The molecular weight excluding hydrogens is 312 g/mol. The summed E-state index contributed by atoms with van der Waals surface area (Å²) in [4.78, 5) is 4.12. The lowest BCUT2D eigenvalue weighted by Gasteiger charge is -2.18. The van der Waals surface area contributed by atoms with Crippen molar-refractivity contribution in [2.45, 2.75) is 32.4 Å². The van der Waals surface area contributed by atoms with Gasteiger partial charge in [0, 0.05) is 24.5 Å². The lowest BCUT2D eigenvalue weighted by Crippen LogP contribution is -2.23. The van der Waals surface area contributed by atoms with E-state index in [9.17, 15) is 0 Å². The van der Waals surface area contributed by atoms with E-state index in [1.165, 1.54) is 24.8 Å². The molecule has 0 aliphatic heterocycles. The molecule has 0 radical (unpaired) electrons. The Bertz CT molecular complexity index is 686. The molecule has 1 unspecified atom stereocenters. The molecule has 1 aromatic heterocycles. The average Bonchev–Trinajstić information content (AvgIpc) is 2.68. The van der Waals surface area contributed by atoms with Crippen molar-refractivity contribution < 1.29 is 9.47 Å². The largest absolute Gasteiger partial charge is 0.493 e. The summed E-state index contributed by atoms with van der Waals surface area (Å²) in [6.45, 7) is 2.38. The van der Waals surface area contributed by atoms with Crippen molar-refractivity contribution in [3.8, 4) is 11.5 Å². The number of aromatic nitrogens is 1. The number of hydrogen-bond donors (Lipinski definition) is 1. The fourth-order valence-electron chi connectivity index (χ4n) is 3.05. The molecule has 1 N–H and O–H groups in total. The first kappa shape index (κ1) is 17.5. The predicted octanol–water partition coefficient (Wildman–Crippen LogP) is 4.12. The number of nitrogens with one attached hydrogen (secondary N) is 1. The predicted molar refractivity (Wildman–Crippen MR) is 99.8 cm³/mol. The maximum Gasteiger partial charge on any atom is 0.161 e. The van der Waals surface area contributed by atoms with Gasteiger partial charge >= 0.3 is 0 Å². The Hall–Kier alpha value is -2.33. The summed E-state index contributed by atoms with van der Waals surface area (Å²) in [5.41, 5.74) is 2.24. The SMILES string of the molecule is COc1ccc(CNCC2CC=CCC2)cc1OCc1cccnc1. The highest BCUT2D eigenvalue weighted by molar-refractivity contribution is 5.43. The van der Waals surface area contributed by atoms with Gasteiger partial charge in [0.05, 0.1) is 7.11 Å². The third-order valence-corrected chi connectivity index (χ3v) is 4.48. The molecule has 4 heteroatoms. The van der Waals surface area contributed by atoms with E-state index in [1.54, 1.807) is 13.3 Å². The van der Waals surface area contributed by atoms with Gasteiger partial charge in [-0.25, -0.2) is 0 Å². The molecule has 0 bridgehead atoms. The monoisotopic (exact) mass is 338 g/mol. The zero-order chi connectivity index (χ0) is 17.3. The minimum absolute atomic E-state index is 0.482. The topological polar surface area (TPSA) is 43.4 Å². The van der Waals surface area contributed by atoms with Gasteiger partial charge in [-0.1, -0.05) is 24.3 Å². The summed E-state index contributed by atoms with van der Waals surface area (Å²) in [5, 5.41) is 3.57. The standard InChI is InChI=1S/C21H26N2O2/c1-24-20-10-9-18(14-23-13-17-6-3-2-4-7-17)12-21(20)25-16-19-8-5-11-22-15-19/h2-3,5,8-12,15,17,23H,4,6-7,13-14,16H2,1H3. The van der Waals surface area contributed by atoms with Gasteiger partial charge < -0.3 is 14.8 Å². The van der Waals surface area contributed by atoms with Gasteiger partial charge in [0.1, 0.15) is 6.61 Å². The lowest BCUT2D eigenvalue weighted by atomic mass is 9.94. The van der Waals surface area contributed by atoms with Crippen LogP contribution in [0.25, 0.3) is 0 Å². The van der Waals surface area contributed by atoms with Gasteiger partial charge in [-0.3, -0.25) is 4.98 Å². The van der Waals surface area contributed by atoms with Gasteiger partial charge in [-0.05, 0) is 55.5 Å². The van der Waals surface area contributed by atoms with Crippen LogP contribution in [0, 0.1) is 5.92 Å². The van der Waals surface area contributed by atoms with E-state index in [0.717, 1.165) is 36.1 Å². The first-order chi connectivity index (χ1) is 12.3. The van der Waals surface area contributed by atoms with Crippen LogP contribution in [0.15, 0.2) is 54.9 Å². The number of ether oxygens (including phenoxy) is 2. The molecule has 0 saturated carbocycles. The van der Waals surface area contributed by atoms with Gasteiger partial charge in [-0.2, -0.15) is 0 Å². The Labute approximate surface area is 149 Å². The van der Waals surface area contributed by atoms with Crippen LogP contribution in [-0.2, 0) is 13.2 Å². The van der Waals surface area contributed by atoms with Crippen LogP contribution < -0.4 is 14.8 Å². The van der Waals surface area contributed by atoms with Crippen LogP contribution in [0.1, 0.15) is 30.4 Å². The number of rotatable bonds is 8. The molecule has 0 spiro atoms. The van der Waals surface area contributed by atoms with Crippen LogP contribution in [0.4, 0.5) is 0 Å². The zero-order valence-corrected chi connectivity index (χ0v) is 14.8. The van der Waals surface area contributed by atoms with Gasteiger partial charge in [-0.15, -0.1) is 0 Å². The second-order valence-corrected chi connectivity index (χ2v) is 6.42. The van der Waals surface area contributed by atoms with E-state index in [1.807, 2.05) is 24.4 Å². The molecule has 1 aliphatic rings. The summed E-state index contributed by atoms with van der Waals surface area (Å²) in [7, 11) is 1.67. The second-order valence-electron chi connectivity index (χ2n) is 6.42. The molecule has 2 aromatic rings. The first-order valence-corrected chi connectivity index (χ1v) is 8.89. The van der Waals surface area contributed by atoms with Crippen molar-refractivity contribution in [2.75, 3.05) is 13.7 Å². The Morgan fingerprint density at radius 3 is 2.88 bits per heavy atom. The Morgan fingerprint density at radius 1 is 1.16 bits per heavy atom. The molecule has 1 atom stereocenters.